The SMILES string of the molecule is CS[C@H](C)C(=O)NC(=O)NC(C)(C)C. The van der Waals surface area contributed by atoms with Gasteiger partial charge in [0.25, 0.3) is 0 Å². The Morgan fingerprint density at radius 1 is 1.29 bits per heavy atom. The largest absolute Gasteiger partial charge is 0.333 e. The summed E-state index contributed by atoms with van der Waals surface area (Å²) in [6.07, 6.45) is 1.83. The summed E-state index contributed by atoms with van der Waals surface area (Å²) in [5.41, 5.74) is -0.326. The number of urea groups is 1. The molecule has 0 unspecified atom stereocenters. The van der Waals surface area contributed by atoms with E-state index in [0.717, 1.165) is 0 Å². The second-order valence-electron chi connectivity index (χ2n) is 4.07. The smallest absolute Gasteiger partial charge is 0.321 e. The average Bonchev–Trinajstić information content (AvgIpc) is 1.99. The molecule has 0 heterocycles. The van der Waals surface area contributed by atoms with Crippen molar-refractivity contribution in [1.82, 2.24) is 10.6 Å². The molecular formula is C9H18N2O2S. The lowest BCUT2D eigenvalue weighted by Gasteiger charge is -2.20. The standard InChI is InChI=1S/C9H18N2O2S/c1-6(14-5)7(12)10-8(13)11-9(2,3)4/h6H,1-5H3,(H2,10,11,12,13)/t6-/m1/s1. The Kier molecular flexibility index (Phi) is 4.97. The number of imide groups is 1. The third-order valence-corrected chi connectivity index (χ3v) is 2.37. The van der Waals surface area contributed by atoms with Crippen molar-refractivity contribution in [3.63, 3.8) is 0 Å². The lowest BCUT2D eigenvalue weighted by Crippen LogP contribution is -2.49. The molecule has 1 atom stereocenters. The van der Waals surface area contributed by atoms with Crippen molar-refractivity contribution in [3.8, 4) is 0 Å². The fraction of sp³-hybridized carbons (Fsp3) is 0.778. The van der Waals surface area contributed by atoms with E-state index in [-0.39, 0.29) is 16.7 Å². The predicted octanol–water partition coefficient (Wildman–Crippen LogP) is 1.36. The van der Waals surface area contributed by atoms with E-state index in [4.69, 9.17) is 0 Å². The molecule has 5 heteroatoms. The maximum absolute atomic E-state index is 11.3. The fourth-order valence-corrected chi connectivity index (χ4v) is 0.965. The van der Waals surface area contributed by atoms with Crippen molar-refractivity contribution in [1.29, 1.82) is 0 Å². The van der Waals surface area contributed by atoms with Gasteiger partial charge in [-0.15, -0.1) is 0 Å². The maximum atomic E-state index is 11.3. The van der Waals surface area contributed by atoms with Gasteiger partial charge in [-0.25, -0.2) is 4.79 Å². The summed E-state index contributed by atoms with van der Waals surface area (Å²) in [5.74, 6) is -0.265. The number of rotatable bonds is 2. The molecule has 0 aromatic heterocycles. The Hall–Kier alpha value is -0.710. The van der Waals surface area contributed by atoms with E-state index in [1.807, 2.05) is 27.0 Å². The van der Waals surface area contributed by atoms with Gasteiger partial charge in [-0.3, -0.25) is 10.1 Å². The van der Waals surface area contributed by atoms with Crippen LogP contribution in [0.4, 0.5) is 4.79 Å². The molecule has 0 radical (unpaired) electrons. The molecular weight excluding hydrogens is 200 g/mol. The second-order valence-corrected chi connectivity index (χ2v) is 5.25. The van der Waals surface area contributed by atoms with Crippen molar-refractivity contribution < 1.29 is 9.59 Å². The first-order valence-corrected chi connectivity index (χ1v) is 5.71. The molecule has 0 aliphatic heterocycles. The third kappa shape index (κ3) is 5.85. The summed E-state index contributed by atoms with van der Waals surface area (Å²) in [4.78, 5) is 22.5. The molecule has 0 aliphatic carbocycles. The van der Waals surface area contributed by atoms with E-state index in [1.54, 1.807) is 6.92 Å². The van der Waals surface area contributed by atoms with Gasteiger partial charge in [-0.1, -0.05) is 0 Å². The van der Waals surface area contributed by atoms with Crippen molar-refractivity contribution in [2.45, 2.75) is 38.5 Å². The van der Waals surface area contributed by atoms with E-state index in [2.05, 4.69) is 10.6 Å². The number of thioether (sulfide) groups is 1. The summed E-state index contributed by atoms with van der Waals surface area (Å²) < 4.78 is 0. The van der Waals surface area contributed by atoms with Gasteiger partial charge in [0, 0.05) is 5.54 Å². The molecule has 14 heavy (non-hydrogen) atoms. The van der Waals surface area contributed by atoms with Crippen LogP contribution in [0, 0.1) is 0 Å². The highest BCUT2D eigenvalue weighted by Crippen LogP contribution is 2.04. The van der Waals surface area contributed by atoms with E-state index in [9.17, 15) is 9.59 Å². The zero-order valence-corrected chi connectivity index (χ0v) is 10.1. The van der Waals surface area contributed by atoms with Gasteiger partial charge < -0.3 is 5.32 Å². The zero-order valence-electron chi connectivity index (χ0n) is 9.30. The Balaban J connectivity index is 4.02. The molecule has 82 valence electrons. The first-order chi connectivity index (χ1) is 6.26. The van der Waals surface area contributed by atoms with E-state index in [1.165, 1.54) is 11.8 Å². The highest BCUT2D eigenvalue weighted by atomic mass is 32.2. The van der Waals surface area contributed by atoms with Gasteiger partial charge in [0.1, 0.15) is 0 Å². The van der Waals surface area contributed by atoms with Crippen molar-refractivity contribution in [3.05, 3.63) is 0 Å². The van der Waals surface area contributed by atoms with Crippen LogP contribution in [0.2, 0.25) is 0 Å². The molecule has 3 amide bonds. The molecule has 2 N–H and O–H groups in total. The minimum Gasteiger partial charge on any atom is -0.333 e. The van der Waals surface area contributed by atoms with Gasteiger partial charge in [-0.2, -0.15) is 11.8 Å². The quantitative estimate of drug-likeness (QED) is 0.736. The Morgan fingerprint density at radius 2 is 1.79 bits per heavy atom. The van der Waals surface area contributed by atoms with E-state index < -0.39 is 6.03 Å². The topological polar surface area (TPSA) is 58.2 Å². The normalized spacial score (nSPS) is 13.2. The number of carbonyl (C=O) groups excluding carboxylic acids is 2. The summed E-state index contributed by atoms with van der Waals surface area (Å²) in [6, 6.07) is -0.441. The minimum absolute atomic E-state index is 0.208. The van der Waals surface area contributed by atoms with Crippen LogP contribution in [0.1, 0.15) is 27.7 Å². The molecule has 0 saturated carbocycles. The van der Waals surface area contributed by atoms with E-state index >= 15 is 0 Å². The van der Waals surface area contributed by atoms with Crippen LogP contribution in [-0.4, -0.2) is 29.0 Å². The van der Waals surface area contributed by atoms with Crippen LogP contribution < -0.4 is 10.6 Å². The lowest BCUT2D eigenvalue weighted by atomic mass is 10.1. The zero-order chi connectivity index (χ0) is 11.4. The molecule has 0 saturated heterocycles. The Labute approximate surface area is 89.2 Å². The average molecular weight is 218 g/mol. The van der Waals surface area contributed by atoms with Gasteiger partial charge in [-0.05, 0) is 34.0 Å². The van der Waals surface area contributed by atoms with Crippen LogP contribution in [0.5, 0.6) is 0 Å². The lowest BCUT2D eigenvalue weighted by molar-refractivity contribution is -0.119. The first kappa shape index (κ1) is 13.3. The Morgan fingerprint density at radius 3 is 2.14 bits per heavy atom. The van der Waals surface area contributed by atoms with Crippen LogP contribution in [0.3, 0.4) is 0 Å². The molecule has 4 nitrogen and oxygen atoms in total. The predicted molar refractivity (Wildman–Crippen MR) is 59.4 cm³/mol. The van der Waals surface area contributed by atoms with E-state index in [0.29, 0.717) is 0 Å². The van der Waals surface area contributed by atoms with Gasteiger partial charge >= 0.3 is 6.03 Å². The summed E-state index contributed by atoms with van der Waals surface area (Å²) >= 11 is 1.40. The van der Waals surface area contributed by atoms with Gasteiger partial charge in [0.2, 0.25) is 5.91 Å². The van der Waals surface area contributed by atoms with Crippen LogP contribution in [0.25, 0.3) is 0 Å². The van der Waals surface area contributed by atoms with Crippen LogP contribution >= 0.6 is 11.8 Å². The first-order valence-electron chi connectivity index (χ1n) is 4.42. The highest BCUT2D eigenvalue weighted by Gasteiger charge is 2.18. The summed E-state index contributed by atoms with van der Waals surface area (Å²) in [6.45, 7) is 7.32. The number of hydrogen-bond donors (Lipinski definition) is 2. The molecule has 0 spiro atoms. The molecule has 0 aliphatic rings. The molecule has 0 aromatic carbocycles. The molecule has 0 fully saturated rings. The molecule has 0 aromatic rings. The van der Waals surface area contributed by atoms with Crippen LogP contribution in [-0.2, 0) is 4.79 Å². The van der Waals surface area contributed by atoms with Crippen molar-refractivity contribution in [2.24, 2.45) is 0 Å². The number of amides is 3. The van der Waals surface area contributed by atoms with Gasteiger partial charge in [0.05, 0.1) is 5.25 Å². The molecule has 0 bridgehead atoms. The minimum atomic E-state index is -0.441. The Bertz CT molecular complexity index is 223. The monoisotopic (exact) mass is 218 g/mol. The van der Waals surface area contributed by atoms with Crippen molar-refractivity contribution >= 4 is 23.7 Å². The summed E-state index contributed by atoms with van der Waals surface area (Å²) in [5, 5.41) is 4.72. The highest BCUT2D eigenvalue weighted by molar-refractivity contribution is 7.99. The summed E-state index contributed by atoms with van der Waals surface area (Å²) in [7, 11) is 0. The maximum Gasteiger partial charge on any atom is 0.321 e. The number of carbonyl (C=O) groups is 2. The van der Waals surface area contributed by atoms with Crippen molar-refractivity contribution in [2.75, 3.05) is 6.26 Å². The van der Waals surface area contributed by atoms with Gasteiger partial charge in [0.15, 0.2) is 0 Å². The molecule has 0 rings (SSSR count). The number of nitrogens with one attached hydrogen (secondary N) is 2. The fourth-order valence-electron chi connectivity index (χ4n) is 0.692. The van der Waals surface area contributed by atoms with Crippen LogP contribution in [0.15, 0.2) is 0 Å². The third-order valence-electron chi connectivity index (χ3n) is 1.45. The second kappa shape index (κ2) is 5.24. The number of hydrogen-bond acceptors (Lipinski definition) is 3.